The fourth-order valence-electron chi connectivity index (χ4n) is 2.56. The molecule has 0 fully saturated rings. The number of amides is 1. The minimum atomic E-state index is -1.21. The molecule has 2 aromatic carbocycles. The Morgan fingerprint density at radius 2 is 1.81 bits per heavy atom. The van der Waals surface area contributed by atoms with E-state index >= 15 is 0 Å². The number of aliphatic hydroxyl groups is 2. The number of ketones is 1. The standard InChI is InChI=1S/C20H23NO5/c1-13-10-16(8-9-17(13)14(2)22)19(24)18(23)11-21-20(25)26-12-15-6-4-3-5-7-15/h3-10,18-19,23-24H,11-12H2,1-2H3,(H,21,25). The van der Waals surface area contributed by atoms with Crippen LogP contribution in [0.15, 0.2) is 48.5 Å². The summed E-state index contributed by atoms with van der Waals surface area (Å²) in [6, 6.07) is 14.1. The molecule has 2 aromatic rings. The van der Waals surface area contributed by atoms with Crippen LogP contribution in [0.5, 0.6) is 0 Å². The molecule has 0 bridgehead atoms. The first-order valence-electron chi connectivity index (χ1n) is 8.30. The van der Waals surface area contributed by atoms with E-state index in [2.05, 4.69) is 5.32 Å². The Balaban J connectivity index is 1.84. The van der Waals surface area contributed by atoms with Crippen LogP contribution in [0.1, 0.15) is 40.1 Å². The number of ether oxygens (including phenoxy) is 1. The van der Waals surface area contributed by atoms with Crippen molar-refractivity contribution in [1.82, 2.24) is 5.32 Å². The third-order valence-corrected chi connectivity index (χ3v) is 4.00. The molecule has 2 unspecified atom stereocenters. The Kier molecular flexibility index (Phi) is 6.89. The number of carbonyl (C=O) groups excluding carboxylic acids is 2. The molecule has 2 rings (SSSR count). The highest BCUT2D eigenvalue weighted by molar-refractivity contribution is 5.95. The van der Waals surface area contributed by atoms with Crippen molar-refractivity contribution in [2.75, 3.05) is 6.54 Å². The van der Waals surface area contributed by atoms with E-state index in [0.29, 0.717) is 11.1 Å². The molecule has 2 atom stereocenters. The molecule has 0 spiro atoms. The van der Waals surface area contributed by atoms with E-state index in [1.807, 2.05) is 30.3 Å². The lowest BCUT2D eigenvalue weighted by molar-refractivity contribution is 0.0183. The van der Waals surface area contributed by atoms with Gasteiger partial charge in [-0.15, -0.1) is 0 Å². The van der Waals surface area contributed by atoms with Gasteiger partial charge in [-0.2, -0.15) is 0 Å². The number of carbonyl (C=O) groups is 2. The predicted molar refractivity (Wildman–Crippen MR) is 96.8 cm³/mol. The first kappa shape index (κ1) is 19.6. The first-order chi connectivity index (χ1) is 12.4. The van der Waals surface area contributed by atoms with Crippen molar-refractivity contribution in [1.29, 1.82) is 0 Å². The fraction of sp³-hybridized carbons (Fsp3) is 0.300. The summed E-state index contributed by atoms with van der Waals surface area (Å²) in [4.78, 5) is 23.1. The van der Waals surface area contributed by atoms with Gasteiger partial charge in [-0.3, -0.25) is 4.79 Å². The second-order valence-electron chi connectivity index (χ2n) is 6.09. The van der Waals surface area contributed by atoms with Gasteiger partial charge >= 0.3 is 6.09 Å². The average Bonchev–Trinajstić information content (AvgIpc) is 2.64. The van der Waals surface area contributed by atoms with Crippen LogP contribution in [0, 0.1) is 6.92 Å². The van der Waals surface area contributed by atoms with Crippen molar-refractivity contribution in [2.24, 2.45) is 0 Å². The van der Waals surface area contributed by atoms with Crippen LogP contribution in [0.25, 0.3) is 0 Å². The third kappa shape index (κ3) is 5.40. The fourth-order valence-corrected chi connectivity index (χ4v) is 2.56. The molecule has 0 saturated heterocycles. The summed E-state index contributed by atoms with van der Waals surface area (Å²) in [5, 5.41) is 22.7. The molecule has 1 amide bonds. The number of hydrogen-bond acceptors (Lipinski definition) is 5. The number of aryl methyl sites for hydroxylation is 1. The van der Waals surface area contributed by atoms with Crippen molar-refractivity contribution in [3.63, 3.8) is 0 Å². The van der Waals surface area contributed by atoms with Crippen molar-refractivity contribution >= 4 is 11.9 Å². The number of Topliss-reactive ketones (excluding diaryl/α,β-unsaturated/α-hetero) is 1. The maximum absolute atomic E-state index is 11.7. The zero-order valence-corrected chi connectivity index (χ0v) is 14.8. The number of benzene rings is 2. The van der Waals surface area contributed by atoms with E-state index < -0.39 is 18.3 Å². The van der Waals surface area contributed by atoms with Gasteiger partial charge in [0.25, 0.3) is 0 Å². The normalized spacial score (nSPS) is 12.9. The van der Waals surface area contributed by atoms with Gasteiger partial charge in [-0.25, -0.2) is 4.79 Å². The van der Waals surface area contributed by atoms with Crippen LogP contribution in [0.3, 0.4) is 0 Å². The number of rotatable bonds is 7. The molecule has 0 radical (unpaired) electrons. The summed E-state index contributed by atoms with van der Waals surface area (Å²) >= 11 is 0. The molecule has 138 valence electrons. The second-order valence-corrected chi connectivity index (χ2v) is 6.09. The monoisotopic (exact) mass is 357 g/mol. The van der Waals surface area contributed by atoms with Crippen molar-refractivity contribution < 1.29 is 24.5 Å². The lowest BCUT2D eigenvalue weighted by atomic mass is 9.97. The van der Waals surface area contributed by atoms with Gasteiger partial charge in [0.15, 0.2) is 5.78 Å². The molecule has 0 heterocycles. The number of alkyl carbamates (subject to hydrolysis) is 1. The molecule has 0 aliphatic carbocycles. The lowest BCUT2D eigenvalue weighted by Crippen LogP contribution is -2.35. The summed E-state index contributed by atoms with van der Waals surface area (Å²) in [6.45, 7) is 3.19. The van der Waals surface area contributed by atoms with Crippen molar-refractivity contribution in [2.45, 2.75) is 32.7 Å². The molecular weight excluding hydrogens is 334 g/mol. The zero-order valence-electron chi connectivity index (χ0n) is 14.8. The Morgan fingerprint density at radius 1 is 1.12 bits per heavy atom. The molecule has 26 heavy (non-hydrogen) atoms. The number of nitrogens with one attached hydrogen (secondary N) is 1. The van der Waals surface area contributed by atoms with Gasteiger partial charge in [0.2, 0.25) is 0 Å². The van der Waals surface area contributed by atoms with E-state index in [1.54, 1.807) is 25.1 Å². The molecule has 0 saturated carbocycles. The molecule has 6 heteroatoms. The van der Waals surface area contributed by atoms with Crippen LogP contribution in [0.4, 0.5) is 4.79 Å². The summed E-state index contributed by atoms with van der Waals surface area (Å²) in [5.41, 5.74) is 2.61. The Labute approximate surface area is 152 Å². The number of hydrogen-bond donors (Lipinski definition) is 3. The third-order valence-electron chi connectivity index (χ3n) is 4.00. The maximum atomic E-state index is 11.7. The topological polar surface area (TPSA) is 95.9 Å². The molecular formula is C20H23NO5. The van der Waals surface area contributed by atoms with Gasteiger partial charge < -0.3 is 20.3 Å². The van der Waals surface area contributed by atoms with Crippen LogP contribution in [-0.2, 0) is 11.3 Å². The van der Waals surface area contributed by atoms with Crippen molar-refractivity contribution in [3.05, 3.63) is 70.8 Å². The van der Waals surface area contributed by atoms with Crippen molar-refractivity contribution in [3.8, 4) is 0 Å². The summed E-state index contributed by atoms with van der Waals surface area (Å²) in [5.74, 6) is -0.0630. The van der Waals surface area contributed by atoms with Gasteiger partial charge in [-0.05, 0) is 30.5 Å². The van der Waals surface area contributed by atoms with E-state index in [0.717, 1.165) is 11.1 Å². The molecule has 6 nitrogen and oxygen atoms in total. The molecule has 0 aliphatic rings. The van der Waals surface area contributed by atoms with Crippen LogP contribution < -0.4 is 5.32 Å². The minimum Gasteiger partial charge on any atom is -0.445 e. The van der Waals surface area contributed by atoms with E-state index in [4.69, 9.17) is 4.74 Å². The Hall–Kier alpha value is -2.70. The minimum absolute atomic E-state index is 0.0630. The van der Waals surface area contributed by atoms with Crippen LogP contribution >= 0.6 is 0 Å². The van der Waals surface area contributed by atoms with Crippen LogP contribution in [-0.4, -0.2) is 34.7 Å². The zero-order chi connectivity index (χ0) is 19.1. The van der Waals surface area contributed by atoms with Gasteiger partial charge in [0.1, 0.15) is 18.8 Å². The highest BCUT2D eigenvalue weighted by Crippen LogP contribution is 2.20. The molecule has 0 aromatic heterocycles. The predicted octanol–water partition coefficient (Wildman–Crippen LogP) is 2.52. The summed E-state index contributed by atoms with van der Waals surface area (Å²) in [6.07, 6.45) is -3.07. The Morgan fingerprint density at radius 3 is 2.42 bits per heavy atom. The quantitative estimate of drug-likeness (QED) is 0.662. The van der Waals surface area contributed by atoms with Gasteiger partial charge in [-0.1, -0.05) is 48.5 Å². The molecule has 3 N–H and O–H groups in total. The highest BCUT2D eigenvalue weighted by Gasteiger charge is 2.20. The van der Waals surface area contributed by atoms with E-state index in [9.17, 15) is 19.8 Å². The summed E-state index contributed by atoms with van der Waals surface area (Å²) in [7, 11) is 0. The second kappa shape index (κ2) is 9.12. The average molecular weight is 357 g/mol. The lowest BCUT2D eigenvalue weighted by Gasteiger charge is -2.19. The number of aliphatic hydroxyl groups excluding tert-OH is 2. The van der Waals surface area contributed by atoms with E-state index in [-0.39, 0.29) is 18.9 Å². The smallest absolute Gasteiger partial charge is 0.407 e. The van der Waals surface area contributed by atoms with Gasteiger partial charge in [0.05, 0.1) is 0 Å². The van der Waals surface area contributed by atoms with E-state index in [1.165, 1.54) is 6.92 Å². The largest absolute Gasteiger partial charge is 0.445 e. The first-order valence-corrected chi connectivity index (χ1v) is 8.30. The SMILES string of the molecule is CC(=O)c1ccc(C(O)C(O)CNC(=O)OCc2ccccc2)cc1C. The van der Waals surface area contributed by atoms with Gasteiger partial charge in [0, 0.05) is 12.1 Å². The maximum Gasteiger partial charge on any atom is 0.407 e. The Bertz CT molecular complexity index is 760. The summed E-state index contributed by atoms with van der Waals surface area (Å²) < 4.78 is 5.04. The molecule has 0 aliphatic heterocycles. The van der Waals surface area contributed by atoms with Crippen LogP contribution in [0.2, 0.25) is 0 Å². The highest BCUT2D eigenvalue weighted by atomic mass is 16.5.